The zero-order valence-electron chi connectivity index (χ0n) is 26.6. The fraction of sp³-hybridized carbons (Fsp3) is 0.645. The van der Waals surface area contributed by atoms with Crippen molar-refractivity contribution < 1.29 is 19.1 Å². The maximum absolute atomic E-state index is 12.8. The Balaban J connectivity index is 0.00000506. The molecule has 1 aliphatic heterocycles. The number of carbonyl (C=O) groups is 2. The van der Waals surface area contributed by atoms with Gasteiger partial charge in [-0.3, -0.25) is 9.20 Å². The normalized spacial score (nSPS) is 17.7. The number of unbranched alkanes of at least 4 members (excludes halogenated alkanes) is 2. The van der Waals surface area contributed by atoms with Crippen molar-refractivity contribution in [3.63, 3.8) is 0 Å². The van der Waals surface area contributed by atoms with E-state index in [1.165, 1.54) is 0 Å². The van der Waals surface area contributed by atoms with E-state index in [2.05, 4.69) is 57.8 Å². The number of carbonyl (C=O) groups excluding carboxylic acids is 2. The van der Waals surface area contributed by atoms with Crippen LogP contribution in [-0.2, 0) is 14.3 Å². The molecule has 0 aliphatic carbocycles. The van der Waals surface area contributed by atoms with Crippen molar-refractivity contribution >= 4 is 53.6 Å². The minimum Gasteiger partial charge on any atom is -0.449 e. The largest absolute Gasteiger partial charge is 0.449 e. The molecule has 4 rings (SSSR count). The van der Waals surface area contributed by atoms with Gasteiger partial charge in [-0.1, -0.05) is 34.1 Å². The molecule has 0 unspecified atom stereocenters. The lowest BCUT2D eigenvalue weighted by atomic mass is 9.96. The predicted molar refractivity (Wildman–Crippen MR) is 176 cm³/mol. The highest BCUT2D eigenvalue weighted by molar-refractivity contribution is 7.59. The molecule has 0 radical (unpaired) electrons. The molecule has 3 heterocycles. The van der Waals surface area contributed by atoms with Crippen LogP contribution in [0.3, 0.4) is 0 Å². The van der Waals surface area contributed by atoms with E-state index in [1.54, 1.807) is 0 Å². The van der Waals surface area contributed by atoms with Crippen molar-refractivity contribution in [2.45, 2.75) is 92.4 Å². The van der Waals surface area contributed by atoms with Crippen LogP contribution in [0.4, 0.5) is 16.3 Å². The Hall–Kier alpha value is -3.12. The smallest absolute Gasteiger partial charge is 0.407 e. The number of ketones is 1. The van der Waals surface area contributed by atoms with Crippen LogP contribution in [0, 0.1) is 18.8 Å². The zero-order chi connectivity index (χ0) is 30.4. The summed E-state index contributed by atoms with van der Waals surface area (Å²) in [5, 5.41) is 14.9. The second-order valence-corrected chi connectivity index (χ2v) is 12.3. The third kappa shape index (κ3) is 8.95. The average molecular weight is 616 g/mol. The first-order chi connectivity index (χ1) is 20.0. The standard InChI is InChI=1S/C31H47N7O4.H2S/c1-19(2)18-41-31(40)34-28(20(3)4)27(39)11-9-8-10-14-32-29-30-36-35-23(7)38(30)26-13-12-24(15-25(26)33-29)37-16-21(5)42-22(6)17-37;/h12-13,15,19-22,28H,8-11,14,16-18H2,1-7H3,(H,32,33)(H,34,40);1H2/t21-,22+,28-;/m0./s1. The maximum atomic E-state index is 12.8. The van der Waals surface area contributed by atoms with Gasteiger partial charge in [0.25, 0.3) is 0 Å². The molecule has 3 atom stereocenters. The van der Waals surface area contributed by atoms with Crippen molar-refractivity contribution in [2.24, 2.45) is 11.8 Å². The van der Waals surface area contributed by atoms with Crippen LogP contribution in [0.2, 0.25) is 0 Å². The highest BCUT2D eigenvalue weighted by Crippen LogP contribution is 2.27. The van der Waals surface area contributed by atoms with Crippen molar-refractivity contribution in [3.05, 3.63) is 24.0 Å². The number of nitrogens with zero attached hydrogens (tertiary/aromatic N) is 5. The number of aromatic nitrogens is 4. The summed E-state index contributed by atoms with van der Waals surface area (Å²) in [6.45, 7) is 16.7. The molecule has 1 aliphatic rings. The van der Waals surface area contributed by atoms with Gasteiger partial charge in [0.15, 0.2) is 11.6 Å². The fourth-order valence-electron chi connectivity index (χ4n) is 5.46. The van der Waals surface area contributed by atoms with Crippen molar-refractivity contribution in [3.8, 4) is 0 Å². The number of anilines is 2. The highest BCUT2D eigenvalue weighted by atomic mass is 32.1. The molecule has 0 spiro atoms. The average Bonchev–Trinajstić information content (AvgIpc) is 3.33. The number of ether oxygens (including phenoxy) is 2. The Labute approximate surface area is 261 Å². The molecular formula is C31H49N7O4S. The van der Waals surface area contributed by atoms with Crippen LogP contribution >= 0.6 is 13.5 Å². The van der Waals surface area contributed by atoms with Crippen molar-refractivity contribution in [1.29, 1.82) is 0 Å². The van der Waals surface area contributed by atoms with Gasteiger partial charge in [0.2, 0.25) is 5.65 Å². The summed E-state index contributed by atoms with van der Waals surface area (Å²) in [7, 11) is 0. The zero-order valence-corrected chi connectivity index (χ0v) is 27.6. The molecule has 2 N–H and O–H groups in total. The topological polar surface area (TPSA) is 123 Å². The number of Topliss-reactive ketones (excluding diaryl/α,β-unsaturated/α-hetero) is 1. The molecule has 1 amide bonds. The first kappa shape index (κ1) is 34.4. The fourth-order valence-corrected chi connectivity index (χ4v) is 5.46. The summed E-state index contributed by atoms with van der Waals surface area (Å²) in [5.74, 6) is 1.78. The Morgan fingerprint density at radius 3 is 2.47 bits per heavy atom. The monoisotopic (exact) mass is 615 g/mol. The molecule has 2 aromatic heterocycles. The van der Waals surface area contributed by atoms with E-state index in [9.17, 15) is 9.59 Å². The number of aryl methyl sites for hydroxylation is 1. The minimum atomic E-state index is -0.539. The van der Waals surface area contributed by atoms with Gasteiger partial charge in [-0.15, -0.1) is 10.2 Å². The number of alkyl carbamates (subject to hydrolysis) is 1. The van der Waals surface area contributed by atoms with Crippen LogP contribution in [0.25, 0.3) is 16.7 Å². The van der Waals surface area contributed by atoms with E-state index >= 15 is 0 Å². The molecular weight excluding hydrogens is 566 g/mol. The van der Waals surface area contributed by atoms with E-state index in [0.29, 0.717) is 31.0 Å². The summed E-state index contributed by atoms with van der Waals surface area (Å²) in [6.07, 6.45) is 2.71. The number of morpholine rings is 1. The van der Waals surface area contributed by atoms with Crippen LogP contribution in [0.1, 0.15) is 73.1 Å². The van der Waals surface area contributed by atoms with Gasteiger partial charge < -0.3 is 25.0 Å². The molecule has 1 aromatic carbocycles. The number of amides is 1. The molecule has 12 heteroatoms. The number of nitrogens with one attached hydrogen (secondary N) is 2. The van der Waals surface area contributed by atoms with Gasteiger partial charge in [-0.25, -0.2) is 9.78 Å². The third-order valence-electron chi connectivity index (χ3n) is 7.48. The van der Waals surface area contributed by atoms with E-state index in [1.807, 2.05) is 39.0 Å². The third-order valence-corrected chi connectivity index (χ3v) is 7.48. The minimum absolute atomic E-state index is 0. The van der Waals surface area contributed by atoms with Crippen LogP contribution in [0.5, 0.6) is 0 Å². The first-order valence-corrected chi connectivity index (χ1v) is 15.3. The molecule has 1 fully saturated rings. The highest BCUT2D eigenvalue weighted by Gasteiger charge is 2.25. The van der Waals surface area contributed by atoms with Gasteiger partial charge >= 0.3 is 6.09 Å². The maximum Gasteiger partial charge on any atom is 0.407 e. The quantitative estimate of drug-likeness (QED) is 0.248. The predicted octanol–water partition coefficient (Wildman–Crippen LogP) is 5.26. The molecule has 0 bridgehead atoms. The second kappa shape index (κ2) is 15.6. The van der Waals surface area contributed by atoms with Crippen molar-refractivity contribution in [1.82, 2.24) is 24.9 Å². The van der Waals surface area contributed by atoms with E-state index in [4.69, 9.17) is 14.5 Å². The van der Waals surface area contributed by atoms with Crippen LogP contribution in [-0.4, -0.2) is 75.9 Å². The second-order valence-electron chi connectivity index (χ2n) is 12.3. The lowest BCUT2D eigenvalue weighted by molar-refractivity contribution is -0.122. The first-order valence-electron chi connectivity index (χ1n) is 15.3. The summed E-state index contributed by atoms with van der Waals surface area (Å²) in [4.78, 5) is 32.2. The Kier molecular flexibility index (Phi) is 12.4. The van der Waals surface area contributed by atoms with Gasteiger partial charge in [0.05, 0.1) is 35.9 Å². The summed E-state index contributed by atoms with van der Waals surface area (Å²) in [6, 6.07) is 5.82. The number of benzene rings is 1. The number of rotatable bonds is 13. The Morgan fingerprint density at radius 1 is 1.07 bits per heavy atom. The van der Waals surface area contributed by atoms with E-state index < -0.39 is 12.1 Å². The number of hydrogen-bond acceptors (Lipinski definition) is 9. The molecule has 11 nitrogen and oxygen atoms in total. The Morgan fingerprint density at radius 2 is 1.79 bits per heavy atom. The lowest BCUT2D eigenvalue weighted by Gasteiger charge is -2.36. The molecule has 3 aromatic rings. The number of fused-ring (bicyclic) bond motifs is 3. The summed E-state index contributed by atoms with van der Waals surface area (Å²) in [5.41, 5.74) is 3.67. The van der Waals surface area contributed by atoms with Crippen LogP contribution in [0.15, 0.2) is 18.2 Å². The van der Waals surface area contributed by atoms with E-state index in [0.717, 1.165) is 54.9 Å². The molecule has 238 valence electrons. The molecule has 0 saturated carbocycles. The SMILES string of the molecule is Cc1nnc2c(NCCCCCC(=O)[C@@H](NC(=O)OCC(C)C)C(C)C)nc3cc(N4C[C@@H](C)O[C@@H](C)C4)ccc3n12.S. The Bertz CT molecular complexity index is 1370. The summed E-state index contributed by atoms with van der Waals surface area (Å²) < 4.78 is 13.2. The van der Waals surface area contributed by atoms with Gasteiger partial charge in [0, 0.05) is 31.7 Å². The summed E-state index contributed by atoms with van der Waals surface area (Å²) >= 11 is 0. The van der Waals surface area contributed by atoms with Gasteiger partial charge in [-0.2, -0.15) is 13.5 Å². The van der Waals surface area contributed by atoms with Gasteiger partial charge in [-0.05, 0) is 63.6 Å². The number of hydrogen-bond donors (Lipinski definition) is 2. The van der Waals surface area contributed by atoms with Crippen molar-refractivity contribution in [2.75, 3.05) is 36.5 Å². The lowest BCUT2D eigenvalue weighted by Crippen LogP contribution is -2.45. The molecule has 1 saturated heterocycles. The molecule has 43 heavy (non-hydrogen) atoms. The van der Waals surface area contributed by atoms with Crippen LogP contribution < -0.4 is 15.5 Å². The van der Waals surface area contributed by atoms with Gasteiger partial charge in [0.1, 0.15) is 5.82 Å². The van der Waals surface area contributed by atoms with E-state index in [-0.39, 0.29) is 43.3 Å².